The highest BCUT2D eigenvalue weighted by Crippen LogP contribution is 2.55. The zero-order valence-electron chi connectivity index (χ0n) is 21.6. The summed E-state index contributed by atoms with van der Waals surface area (Å²) in [5.74, 6) is -0.0277. The lowest BCUT2D eigenvalue weighted by molar-refractivity contribution is 0.0985. The van der Waals surface area contributed by atoms with Gasteiger partial charge in [0.1, 0.15) is 21.3 Å². The summed E-state index contributed by atoms with van der Waals surface area (Å²) in [6, 6.07) is 12.6. The third kappa shape index (κ3) is 5.48. The molecule has 1 saturated carbocycles. The quantitative estimate of drug-likeness (QED) is 0.411. The van der Waals surface area contributed by atoms with E-state index in [9.17, 15) is 26.4 Å². The highest BCUT2D eigenvalue weighted by Gasteiger charge is 2.58. The molecule has 1 aliphatic heterocycles. The molecule has 1 aliphatic carbocycles. The van der Waals surface area contributed by atoms with E-state index in [1.54, 1.807) is 30.3 Å². The maximum Gasteiger partial charge on any atom is 0.319 e. The first-order valence-corrected chi connectivity index (χ1v) is 14.3. The Morgan fingerprint density at radius 1 is 1.15 bits per heavy atom. The number of ether oxygens (including phenoxy) is 1. The maximum absolute atomic E-state index is 14.6. The molecular formula is C27H28F3N5O4S. The number of alkyl halides is 2. The smallest absolute Gasteiger partial charge is 0.319 e. The number of urea groups is 1. The Morgan fingerprint density at radius 3 is 2.52 bits per heavy atom. The molecule has 9 nitrogen and oxygen atoms in total. The van der Waals surface area contributed by atoms with Crippen molar-refractivity contribution in [3.8, 4) is 11.4 Å². The number of sulfone groups is 1. The Kier molecular flexibility index (Phi) is 7.69. The summed E-state index contributed by atoms with van der Waals surface area (Å²) < 4.78 is 71.0. The van der Waals surface area contributed by atoms with Crippen LogP contribution in [0.15, 0.2) is 59.5 Å². The van der Waals surface area contributed by atoms with E-state index in [1.165, 1.54) is 18.2 Å². The zero-order valence-corrected chi connectivity index (χ0v) is 22.4. The number of aromatic nitrogens is 2. The molecule has 0 spiro atoms. The first-order valence-electron chi connectivity index (χ1n) is 12.8. The summed E-state index contributed by atoms with van der Waals surface area (Å²) in [5.41, 5.74) is 1.18. The summed E-state index contributed by atoms with van der Waals surface area (Å²) in [7, 11) is -4.12. The first-order chi connectivity index (χ1) is 19.1. The molecule has 212 valence electrons. The van der Waals surface area contributed by atoms with Gasteiger partial charge in [0.15, 0.2) is 15.7 Å². The predicted octanol–water partition coefficient (Wildman–Crippen LogP) is 4.36. The van der Waals surface area contributed by atoms with Crippen LogP contribution in [-0.2, 0) is 19.3 Å². The van der Waals surface area contributed by atoms with E-state index in [-0.39, 0.29) is 35.3 Å². The molecule has 3 aromatic rings. The number of hydrogen-bond donors (Lipinski definition) is 2. The van der Waals surface area contributed by atoms with Gasteiger partial charge in [-0.2, -0.15) is 0 Å². The van der Waals surface area contributed by atoms with Gasteiger partial charge >= 0.3 is 6.03 Å². The van der Waals surface area contributed by atoms with Crippen molar-refractivity contribution in [1.82, 2.24) is 15.3 Å². The molecule has 1 aromatic heterocycles. The number of morpholine rings is 1. The topological polar surface area (TPSA) is 114 Å². The van der Waals surface area contributed by atoms with Crippen LogP contribution in [0.1, 0.15) is 25.5 Å². The van der Waals surface area contributed by atoms with Crippen LogP contribution in [0.3, 0.4) is 0 Å². The van der Waals surface area contributed by atoms with Gasteiger partial charge in [-0.15, -0.1) is 0 Å². The average Bonchev–Trinajstić information content (AvgIpc) is 3.76. The number of halogens is 3. The Bertz CT molecular complexity index is 1500. The van der Waals surface area contributed by atoms with Crippen LogP contribution >= 0.6 is 0 Å². The van der Waals surface area contributed by atoms with E-state index in [4.69, 9.17) is 9.72 Å². The van der Waals surface area contributed by atoms with Crippen molar-refractivity contribution in [3.05, 3.63) is 66.1 Å². The summed E-state index contributed by atoms with van der Waals surface area (Å²) in [5, 5.41) is 4.54. The first kappa shape index (κ1) is 27.8. The molecule has 13 heteroatoms. The SMILES string of the molecule is C[C@H]1COCCN1c1cc(C2(S(=O)(=O)c3ccccc3F)CC2)nc(-c2ccc(NC(=O)NCC(F)F)cc2)n1. The van der Waals surface area contributed by atoms with Crippen molar-refractivity contribution in [2.24, 2.45) is 0 Å². The number of hydrogen-bond acceptors (Lipinski definition) is 7. The Balaban J connectivity index is 1.52. The van der Waals surface area contributed by atoms with Crippen molar-refractivity contribution >= 4 is 27.4 Å². The van der Waals surface area contributed by atoms with Crippen LogP contribution in [0.25, 0.3) is 11.4 Å². The largest absolute Gasteiger partial charge is 0.377 e. The fraction of sp³-hybridized carbons (Fsp3) is 0.370. The second-order valence-corrected chi connectivity index (χ2v) is 12.0. The second-order valence-electron chi connectivity index (χ2n) is 9.78. The minimum absolute atomic E-state index is 0.0268. The molecule has 40 heavy (non-hydrogen) atoms. The molecule has 0 bridgehead atoms. The van der Waals surface area contributed by atoms with E-state index in [1.807, 2.05) is 11.8 Å². The van der Waals surface area contributed by atoms with Crippen LogP contribution in [0.4, 0.5) is 29.5 Å². The molecular weight excluding hydrogens is 547 g/mol. The summed E-state index contributed by atoms with van der Waals surface area (Å²) in [6.45, 7) is 2.70. The molecule has 5 rings (SSSR count). The van der Waals surface area contributed by atoms with E-state index in [0.717, 1.165) is 6.07 Å². The monoisotopic (exact) mass is 575 g/mol. The molecule has 2 heterocycles. The Hall–Kier alpha value is -3.71. The molecule has 2 aromatic carbocycles. The summed E-state index contributed by atoms with van der Waals surface area (Å²) >= 11 is 0. The van der Waals surface area contributed by atoms with Gasteiger partial charge < -0.3 is 20.3 Å². The van der Waals surface area contributed by atoms with Gasteiger partial charge in [0.25, 0.3) is 6.43 Å². The second kappa shape index (κ2) is 11.0. The lowest BCUT2D eigenvalue weighted by Crippen LogP contribution is -2.44. The lowest BCUT2D eigenvalue weighted by atomic mass is 10.1. The number of anilines is 2. The molecule has 2 amide bonds. The lowest BCUT2D eigenvalue weighted by Gasteiger charge is -2.34. The van der Waals surface area contributed by atoms with Gasteiger partial charge in [-0.05, 0) is 56.2 Å². The molecule has 1 saturated heterocycles. The number of carbonyl (C=O) groups excluding carboxylic acids is 1. The molecule has 2 fully saturated rings. The van der Waals surface area contributed by atoms with E-state index in [0.29, 0.717) is 36.8 Å². The average molecular weight is 576 g/mol. The molecule has 0 unspecified atom stereocenters. The van der Waals surface area contributed by atoms with Crippen molar-refractivity contribution in [2.75, 3.05) is 36.5 Å². The van der Waals surface area contributed by atoms with Crippen molar-refractivity contribution in [3.63, 3.8) is 0 Å². The van der Waals surface area contributed by atoms with E-state index in [2.05, 4.69) is 15.6 Å². The number of benzene rings is 2. The Labute approximate surface area is 229 Å². The van der Waals surface area contributed by atoms with Gasteiger partial charge in [0, 0.05) is 23.9 Å². The van der Waals surface area contributed by atoms with Crippen LogP contribution in [0.5, 0.6) is 0 Å². The Morgan fingerprint density at radius 2 is 1.88 bits per heavy atom. The van der Waals surface area contributed by atoms with E-state index < -0.39 is 39.4 Å². The van der Waals surface area contributed by atoms with Gasteiger partial charge in [0.2, 0.25) is 0 Å². The molecule has 2 N–H and O–H groups in total. The minimum atomic E-state index is -4.12. The maximum atomic E-state index is 14.6. The predicted molar refractivity (Wildman–Crippen MR) is 143 cm³/mol. The third-order valence-electron chi connectivity index (χ3n) is 7.00. The number of nitrogens with one attached hydrogen (secondary N) is 2. The van der Waals surface area contributed by atoms with Gasteiger partial charge in [-0.3, -0.25) is 0 Å². The van der Waals surface area contributed by atoms with Gasteiger partial charge in [-0.1, -0.05) is 12.1 Å². The fourth-order valence-corrected chi connectivity index (χ4v) is 6.73. The van der Waals surface area contributed by atoms with Crippen LogP contribution in [0.2, 0.25) is 0 Å². The number of nitrogens with zero attached hydrogens (tertiary/aromatic N) is 3. The van der Waals surface area contributed by atoms with Crippen molar-refractivity contribution in [1.29, 1.82) is 0 Å². The van der Waals surface area contributed by atoms with Crippen LogP contribution in [0, 0.1) is 5.82 Å². The molecule has 0 radical (unpaired) electrons. The number of amides is 2. The number of rotatable bonds is 8. The van der Waals surface area contributed by atoms with Crippen LogP contribution in [-0.4, -0.2) is 63.2 Å². The third-order valence-corrected chi connectivity index (χ3v) is 9.56. The zero-order chi connectivity index (χ0) is 28.5. The van der Waals surface area contributed by atoms with Crippen molar-refractivity contribution < 1.29 is 31.1 Å². The summed E-state index contributed by atoms with van der Waals surface area (Å²) in [4.78, 5) is 22.9. The normalized spacial score (nSPS) is 18.4. The van der Waals surface area contributed by atoms with E-state index >= 15 is 0 Å². The standard InChI is InChI=1S/C27H28F3N5O4S/c1-17-16-39-13-12-35(17)24-14-22(27(10-11-27)40(37,38)21-5-3-2-4-20(21)28)33-25(34-24)18-6-8-19(9-7-18)32-26(36)31-15-23(29)30/h2-9,14,17,23H,10-13,15-16H2,1H3,(H2,31,32,36)/t17-/m0/s1. The van der Waals surface area contributed by atoms with Gasteiger partial charge in [-0.25, -0.2) is 36.4 Å². The highest BCUT2D eigenvalue weighted by atomic mass is 32.2. The fourth-order valence-electron chi connectivity index (χ4n) is 4.71. The van der Waals surface area contributed by atoms with Crippen LogP contribution < -0.4 is 15.5 Å². The number of carbonyl (C=O) groups is 1. The molecule has 1 atom stereocenters. The van der Waals surface area contributed by atoms with Crippen molar-refractivity contribution in [2.45, 2.75) is 41.9 Å². The highest BCUT2D eigenvalue weighted by molar-refractivity contribution is 7.92. The molecule has 2 aliphatic rings. The summed E-state index contributed by atoms with van der Waals surface area (Å²) in [6.07, 6.45) is -2.10. The minimum Gasteiger partial charge on any atom is -0.377 e. The van der Waals surface area contributed by atoms with Gasteiger partial charge in [0.05, 0.1) is 31.5 Å².